The molecule has 0 unspecified atom stereocenters. The molecule has 2 aromatic rings. The van der Waals surface area contributed by atoms with E-state index in [9.17, 15) is 4.39 Å². The quantitative estimate of drug-likeness (QED) is 0.390. The highest BCUT2D eigenvalue weighted by Gasteiger charge is 2.19. The van der Waals surface area contributed by atoms with Gasteiger partial charge in [0, 0.05) is 23.2 Å². The van der Waals surface area contributed by atoms with E-state index < -0.39 is 5.82 Å². The summed E-state index contributed by atoms with van der Waals surface area (Å²) in [6.07, 6.45) is 12.3. The molecule has 1 aliphatic rings. The molecule has 0 saturated heterocycles. The molecule has 3 rings (SSSR count). The Balaban J connectivity index is 1.54. The van der Waals surface area contributed by atoms with Crippen LogP contribution in [-0.4, -0.2) is 4.98 Å². The standard InChI is InChI=1S/C24H27ClFN/c1-2-3-4-5-18-6-8-19(9-7-18)10-11-20-12-15-24(27-17-20)21-13-14-22(25)23(26)16-21/h12-19H,2-9H2,1H3. The van der Waals surface area contributed by atoms with E-state index in [1.807, 2.05) is 12.1 Å². The van der Waals surface area contributed by atoms with Gasteiger partial charge in [0.1, 0.15) is 5.82 Å². The van der Waals surface area contributed by atoms with Crippen molar-refractivity contribution in [2.45, 2.75) is 58.3 Å². The fraction of sp³-hybridized carbons (Fsp3) is 0.458. The Hall–Kier alpha value is -1.85. The van der Waals surface area contributed by atoms with E-state index in [2.05, 4.69) is 23.7 Å². The molecule has 0 amide bonds. The van der Waals surface area contributed by atoms with Gasteiger partial charge in [-0.3, -0.25) is 4.98 Å². The van der Waals surface area contributed by atoms with Crippen LogP contribution in [0.2, 0.25) is 5.02 Å². The van der Waals surface area contributed by atoms with Crippen molar-refractivity contribution in [3.05, 3.63) is 52.9 Å². The Morgan fingerprint density at radius 1 is 1.11 bits per heavy atom. The smallest absolute Gasteiger partial charge is 0.142 e. The predicted octanol–water partition coefficient (Wildman–Crippen LogP) is 7.28. The topological polar surface area (TPSA) is 12.9 Å². The van der Waals surface area contributed by atoms with Gasteiger partial charge >= 0.3 is 0 Å². The van der Waals surface area contributed by atoms with Crippen molar-refractivity contribution in [2.24, 2.45) is 11.8 Å². The summed E-state index contributed by atoms with van der Waals surface area (Å²) in [5, 5.41) is 0.126. The molecule has 1 nitrogen and oxygen atoms in total. The summed E-state index contributed by atoms with van der Waals surface area (Å²) in [4.78, 5) is 4.43. The molecule has 0 spiro atoms. The third kappa shape index (κ3) is 5.81. The van der Waals surface area contributed by atoms with Crippen molar-refractivity contribution in [1.82, 2.24) is 4.98 Å². The molecule has 1 fully saturated rings. The molecular formula is C24H27ClFN. The normalized spacial score (nSPS) is 19.4. The summed E-state index contributed by atoms with van der Waals surface area (Å²) in [5.41, 5.74) is 2.36. The maximum atomic E-state index is 13.6. The van der Waals surface area contributed by atoms with Crippen LogP contribution in [0, 0.1) is 29.5 Å². The van der Waals surface area contributed by atoms with Crippen LogP contribution < -0.4 is 0 Å². The molecule has 3 heteroatoms. The molecule has 142 valence electrons. The van der Waals surface area contributed by atoms with Gasteiger partial charge in [-0.2, -0.15) is 0 Å². The van der Waals surface area contributed by atoms with Gasteiger partial charge < -0.3 is 0 Å². The minimum atomic E-state index is -0.426. The molecule has 0 aliphatic heterocycles. The van der Waals surface area contributed by atoms with E-state index in [4.69, 9.17) is 11.6 Å². The Morgan fingerprint density at radius 3 is 2.59 bits per heavy atom. The van der Waals surface area contributed by atoms with Crippen LogP contribution in [0.4, 0.5) is 4.39 Å². The van der Waals surface area contributed by atoms with E-state index in [-0.39, 0.29) is 5.02 Å². The Bertz CT molecular complexity index is 795. The molecule has 1 aromatic carbocycles. The molecular weight excluding hydrogens is 357 g/mol. The number of halogens is 2. The predicted molar refractivity (Wildman–Crippen MR) is 111 cm³/mol. The third-order valence-electron chi connectivity index (χ3n) is 5.46. The van der Waals surface area contributed by atoms with Crippen molar-refractivity contribution >= 4 is 11.6 Å². The second-order valence-electron chi connectivity index (χ2n) is 7.54. The number of rotatable bonds is 5. The van der Waals surface area contributed by atoms with E-state index >= 15 is 0 Å². The number of pyridine rings is 1. The van der Waals surface area contributed by atoms with Crippen molar-refractivity contribution in [3.8, 4) is 23.1 Å². The summed E-state index contributed by atoms with van der Waals surface area (Å²) in [6.45, 7) is 2.27. The monoisotopic (exact) mass is 383 g/mol. The first-order valence-corrected chi connectivity index (χ1v) is 10.5. The van der Waals surface area contributed by atoms with E-state index in [0.717, 1.165) is 22.7 Å². The molecule has 1 saturated carbocycles. The van der Waals surface area contributed by atoms with Crippen LogP contribution in [0.15, 0.2) is 36.5 Å². The van der Waals surface area contributed by atoms with Gasteiger partial charge in [0.25, 0.3) is 0 Å². The lowest BCUT2D eigenvalue weighted by Gasteiger charge is -2.25. The van der Waals surface area contributed by atoms with Gasteiger partial charge in [-0.05, 0) is 55.9 Å². The lowest BCUT2D eigenvalue weighted by atomic mass is 9.80. The molecule has 27 heavy (non-hydrogen) atoms. The molecule has 0 atom stereocenters. The highest BCUT2D eigenvalue weighted by molar-refractivity contribution is 6.30. The van der Waals surface area contributed by atoms with Crippen LogP contribution in [0.5, 0.6) is 0 Å². The molecule has 0 bridgehead atoms. The Morgan fingerprint density at radius 2 is 1.93 bits per heavy atom. The highest BCUT2D eigenvalue weighted by atomic mass is 35.5. The first-order valence-electron chi connectivity index (χ1n) is 10.1. The second kappa shape index (κ2) is 9.90. The summed E-state index contributed by atoms with van der Waals surface area (Å²) < 4.78 is 13.6. The van der Waals surface area contributed by atoms with Gasteiger partial charge in [0.2, 0.25) is 0 Å². The number of hydrogen-bond acceptors (Lipinski definition) is 1. The van der Waals surface area contributed by atoms with Crippen LogP contribution in [0.25, 0.3) is 11.3 Å². The molecule has 1 aliphatic carbocycles. The summed E-state index contributed by atoms with van der Waals surface area (Å²) in [5.74, 6) is 7.71. The molecule has 0 N–H and O–H groups in total. The zero-order chi connectivity index (χ0) is 19.1. The lowest BCUT2D eigenvalue weighted by molar-refractivity contribution is 0.294. The lowest BCUT2D eigenvalue weighted by Crippen LogP contribution is -2.13. The fourth-order valence-electron chi connectivity index (χ4n) is 3.76. The zero-order valence-electron chi connectivity index (χ0n) is 16.0. The number of unbranched alkanes of at least 4 members (excludes halogenated alkanes) is 2. The first-order chi connectivity index (χ1) is 13.2. The number of benzene rings is 1. The number of aromatic nitrogens is 1. The van der Waals surface area contributed by atoms with Crippen LogP contribution >= 0.6 is 11.6 Å². The molecule has 1 heterocycles. The largest absolute Gasteiger partial charge is 0.255 e. The maximum absolute atomic E-state index is 13.6. The third-order valence-corrected chi connectivity index (χ3v) is 5.77. The van der Waals surface area contributed by atoms with Crippen molar-refractivity contribution in [1.29, 1.82) is 0 Å². The van der Waals surface area contributed by atoms with Gasteiger partial charge in [-0.25, -0.2) is 4.39 Å². The van der Waals surface area contributed by atoms with Gasteiger partial charge in [-0.15, -0.1) is 0 Å². The van der Waals surface area contributed by atoms with Gasteiger partial charge in [0.05, 0.1) is 10.7 Å². The van der Waals surface area contributed by atoms with Gasteiger partial charge in [-0.1, -0.05) is 62.1 Å². The van der Waals surface area contributed by atoms with Crippen molar-refractivity contribution in [3.63, 3.8) is 0 Å². The molecule has 1 aromatic heterocycles. The second-order valence-corrected chi connectivity index (χ2v) is 7.95. The van der Waals surface area contributed by atoms with E-state index in [1.54, 1.807) is 18.3 Å². The van der Waals surface area contributed by atoms with Crippen LogP contribution in [0.1, 0.15) is 63.9 Å². The minimum Gasteiger partial charge on any atom is -0.255 e. The molecule has 0 radical (unpaired) electrons. The Labute approximate surface area is 167 Å². The summed E-state index contributed by atoms with van der Waals surface area (Å²) in [7, 11) is 0. The minimum absolute atomic E-state index is 0.126. The number of nitrogens with zero attached hydrogens (tertiary/aromatic N) is 1. The van der Waals surface area contributed by atoms with Gasteiger partial charge in [0.15, 0.2) is 0 Å². The van der Waals surface area contributed by atoms with E-state index in [0.29, 0.717) is 5.92 Å². The van der Waals surface area contributed by atoms with E-state index in [1.165, 1.54) is 57.4 Å². The number of hydrogen-bond donors (Lipinski definition) is 0. The SMILES string of the molecule is CCCCCC1CCC(C#Cc2ccc(-c3ccc(Cl)c(F)c3)nc2)CC1. The van der Waals surface area contributed by atoms with Crippen molar-refractivity contribution in [2.75, 3.05) is 0 Å². The van der Waals surface area contributed by atoms with Crippen LogP contribution in [0.3, 0.4) is 0 Å². The fourth-order valence-corrected chi connectivity index (χ4v) is 3.88. The average Bonchev–Trinajstić information content (AvgIpc) is 2.70. The zero-order valence-corrected chi connectivity index (χ0v) is 16.7. The highest BCUT2D eigenvalue weighted by Crippen LogP contribution is 2.31. The van der Waals surface area contributed by atoms with Crippen molar-refractivity contribution < 1.29 is 4.39 Å². The summed E-state index contributed by atoms with van der Waals surface area (Å²) in [6, 6.07) is 8.59. The summed E-state index contributed by atoms with van der Waals surface area (Å²) >= 11 is 5.74. The Kier molecular flexibility index (Phi) is 7.30. The maximum Gasteiger partial charge on any atom is 0.142 e. The van der Waals surface area contributed by atoms with Crippen LogP contribution in [-0.2, 0) is 0 Å². The average molecular weight is 384 g/mol. The first kappa shape index (κ1) is 19.9.